The Hall–Kier alpha value is -1.30. The van der Waals surface area contributed by atoms with Crippen molar-refractivity contribution in [1.29, 1.82) is 0 Å². The van der Waals surface area contributed by atoms with Crippen LogP contribution in [0.4, 0.5) is 4.79 Å². The molecule has 2 amide bonds. The number of carbonyl (C=O) groups is 2. The molecule has 0 spiro atoms. The summed E-state index contributed by atoms with van der Waals surface area (Å²) in [5.41, 5.74) is 0. The molecule has 0 aromatic carbocycles. The molecule has 0 saturated carbocycles. The van der Waals surface area contributed by atoms with Crippen molar-refractivity contribution in [3.63, 3.8) is 0 Å². The molecule has 0 aromatic rings. The maximum atomic E-state index is 12.5. The Morgan fingerprint density at radius 1 is 1.15 bits per heavy atom. The second kappa shape index (κ2) is 5.99. The third-order valence-electron chi connectivity index (χ3n) is 4.69. The van der Waals surface area contributed by atoms with Crippen LogP contribution in [0.1, 0.15) is 33.1 Å². The van der Waals surface area contributed by atoms with E-state index in [0.717, 1.165) is 19.3 Å². The van der Waals surface area contributed by atoms with Crippen LogP contribution in [0.5, 0.6) is 0 Å². The Morgan fingerprint density at radius 2 is 1.75 bits per heavy atom. The minimum absolute atomic E-state index is 0.00598. The number of nitrogens with zero attached hydrogens (tertiary/aromatic N) is 2. The average molecular weight is 284 g/mol. The summed E-state index contributed by atoms with van der Waals surface area (Å²) in [6.07, 6.45) is 1.97. The normalized spacial score (nSPS) is 29.6. The van der Waals surface area contributed by atoms with Crippen LogP contribution >= 0.6 is 0 Å². The highest BCUT2D eigenvalue weighted by Crippen LogP contribution is 2.27. The Balaban J connectivity index is 1.97. The SMILES string of the molecule is CC(O)C1CCN(C(=O)N2CCC(C)C2C(=O)O)CC1. The van der Waals surface area contributed by atoms with E-state index in [9.17, 15) is 19.8 Å². The summed E-state index contributed by atoms with van der Waals surface area (Å²) in [7, 11) is 0. The van der Waals surface area contributed by atoms with Crippen molar-refractivity contribution in [2.45, 2.75) is 45.3 Å². The first-order valence-corrected chi connectivity index (χ1v) is 7.38. The lowest BCUT2D eigenvalue weighted by Crippen LogP contribution is -2.51. The van der Waals surface area contributed by atoms with Crippen LogP contribution < -0.4 is 0 Å². The number of carboxylic acids is 1. The zero-order valence-electron chi connectivity index (χ0n) is 12.2. The van der Waals surface area contributed by atoms with Gasteiger partial charge in [-0.25, -0.2) is 9.59 Å². The second-order valence-corrected chi connectivity index (χ2v) is 6.09. The predicted octanol–water partition coefficient (Wildman–Crippen LogP) is 0.994. The van der Waals surface area contributed by atoms with Gasteiger partial charge in [-0.15, -0.1) is 0 Å². The van der Waals surface area contributed by atoms with Crippen molar-refractivity contribution in [1.82, 2.24) is 9.80 Å². The maximum Gasteiger partial charge on any atom is 0.326 e. The summed E-state index contributed by atoms with van der Waals surface area (Å²) in [5, 5.41) is 18.8. The fourth-order valence-electron chi connectivity index (χ4n) is 3.29. The predicted molar refractivity (Wildman–Crippen MR) is 73.3 cm³/mol. The number of carbonyl (C=O) groups excluding carboxylic acids is 1. The molecule has 0 radical (unpaired) electrons. The van der Waals surface area contributed by atoms with Gasteiger partial charge in [0.05, 0.1) is 6.10 Å². The van der Waals surface area contributed by atoms with E-state index in [1.807, 2.05) is 6.92 Å². The van der Waals surface area contributed by atoms with Crippen molar-refractivity contribution in [2.24, 2.45) is 11.8 Å². The first kappa shape index (κ1) is 15.1. The summed E-state index contributed by atoms with van der Waals surface area (Å²) in [5.74, 6) is -0.666. The van der Waals surface area contributed by atoms with Gasteiger partial charge in [-0.3, -0.25) is 0 Å². The van der Waals surface area contributed by atoms with Gasteiger partial charge in [-0.1, -0.05) is 6.92 Å². The van der Waals surface area contributed by atoms with Gasteiger partial charge in [0.15, 0.2) is 0 Å². The summed E-state index contributed by atoms with van der Waals surface area (Å²) >= 11 is 0. The van der Waals surface area contributed by atoms with E-state index in [4.69, 9.17) is 0 Å². The molecule has 6 nitrogen and oxygen atoms in total. The number of piperidine rings is 1. The second-order valence-electron chi connectivity index (χ2n) is 6.09. The molecule has 0 bridgehead atoms. The van der Waals surface area contributed by atoms with Crippen molar-refractivity contribution < 1.29 is 19.8 Å². The van der Waals surface area contributed by atoms with Crippen LogP contribution in [0, 0.1) is 11.8 Å². The summed E-state index contributed by atoms with van der Waals surface area (Å²) in [4.78, 5) is 27.0. The average Bonchev–Trinajstić information content (AvgIpc) is 2.80. The van der Waals surface area contributed by atoms with Gasteiger partial charge in [0.25, 0.3) is 0 Å². The Labute approximate surface area is 119 Å². The lowest BCUT2D eigenvalue weighted by molar-refractivity contribution is -0.142. The van der Waals surface area contributed by atoms with E-state index in [2.05, 4.69) is 0 Å². The molecule has 2 fully saturated rings. The monoisotopic (exact) mass is 284 g/mol. The number of amides is 2. The Morgan fingerprint density at radius 3 is 2.25 bits per heavy atom. The van der Waals surface area contributed by atoms with Crippen LogP contribution in [0.3, 0.4) is 0 Å². The van der Waals surface area contributed by atoms with Crippen LogP contribution in [-0.2, 0) is 4.79 Å². The van der Waals surface area contributed by atoms with Crippen molar-refractivity contribution in [3.8, 4) is 0 Å². The molecule has 2 aliphatic rings. The number of aliphatic hydroxyl groups excluding tert-OH is 1. The molecular formula is C14H24N2O4. The van der Waals surface area contributed by atoms with Crippen LogP contribution in [-0.4, -0.2) is 63.8 Å². The van der Waals surface area contributed by atoms with Crippen LogP contribution in [0.25, 0.3) is 0 Å². The minimum Gasteiger partial charge on any atom is -0.480 e. The molecule has 20 heavy (non-hydrogen) atoms. The number of urea groups is 1. The molecule has 2 aliphatic heterocycles. The van der Waals surface area contributed by atoms with E-state index in [0.29, 0.717) is 19.6 Å². The van der Waals surface area contributed by atoms with Gasteiger partial charge < -0.3 is 20.0 Å². The fraction of sp³-hybridized carbons (Fsp3) is 0.857. The topological polar surface area (TPSA) is 81.1 Å². The fourth-order valence-corrected chi connectivity index (χ4v) is 3.29. The molecule has 2 heterocycles. The zero-order chi connectivity index (χ0) is 14.9. The van der Waals surface area contributed by atoms with Gasteiger partial charge in [-0.05, 0) is 38.0 Å². The summed E-state index contributed by atoms with van der Waals surface area (Å²) in [6, 6.07) is -0.859. The number of aliphatic carboxylic acids is 1. The lowest BCUT2D eigenvalue weighted by Gasteiger charge is -2.36. The zero-order valence-corrected chi connectivity index (χ0v) is 12.2. The number of aliphatic hydroxyl groups is 1. The molecule has 0 aromatic heterocycles. The Kier molecular flexibility index (Phi) is 4.52. The van der Waals surface area contributed by atoms with Crippen molar-refractivity contribution in [3.05, 3.63) is 0 Å². The standard InChI is InChI=1S/C14H24N2O4/c1-9-3-8-16(12(9)13(18)19)14(20)15-6-4-11(5-7-15)10(2)17/h9-12,17H,3-8H2,1-2H3,(H,18,19). The first-order valence-electron chi connectivity index (χ1n) is 7.38. The molecule has 3 unspecified atom stereocenters. The van der Waals surface area contributed by atoms with E-state index >= 15 is 0 Å². The minimum atomic E-state index is -0.915. The van der Waals surface area contributed by atoms with Gasteiger partial charge in [-0.2, -0.15) is 0 Å². The van der Waals surface area contributed by atoms with Crippen molar-refractivity contribution >= 4 is 12.0 Å². The Bertz CT molecular complexity index is 377. The molecule has 3 atom stereocenters. The van der Waals surface area contributed by atoms with Gasteiger partial charge in [0, 0.05) is 19.6 Å². The third-order valence-corrected chi connectivity index (χ3v) is 4.69. The largest absolute Gasteiger partial charge is 0.480 e. The number of hydrogen-bond donors (Lipinski definition) is 2. The van der Waals surface area contributed by atoms with Crippen molar-refractivity contribution in [2.75, 3.05) is 19.6 Å². The highest BCUT2D eigenvalue weighted by molar-refractivity contribution is 5.83. The van der Waals surface area contributed by atoms with E-state index in [1.54, 1.807) is 11.8 Å². The lowest BCUT2D eigenvalue weighted by atomic mass is 9.92. The molecule has 2 rings (SSSR count). The molecular weight excluding hydrogens is 260 g/mol. The van der Waals surface area contributed by atoms with E-state index in [-0.39, 0.29) is 24.0 Å². The highest BCUT2D eigenvalue weighted by Gasteiger charge is 2.41. The van der Waals surface area contributed by atoms with Gasteiger partial charge in [0.2, 0.25) is 0 Å². The highest BCUT2D eigenvalue weighted by atomic mass is 16.4. The molecule has 114 valence electrons. The first-order chi connectivity index (χ1) is 9.41. The van der Waals surface area contributed by atoms with Crippen LogP contribution in [0.2, 0.25) is 0 Å². The molecule has 2 saturated heterocycles. The quantitative estimate of drug-likeness (QED) is 0.792. The van der Waals surface area contributed by atoms with E-state index in [1.165, 1.54) is 4.90 Å². The smallest absolute Gasteiger partial charge is 0.326 e. The number of likely N-dealkylation sites (tertiary alicyclic amines) is 2. The molecule has 2 N–H and O–H groups in total. The number of rotatable bonds is 2. The molecule has 6 heteroatoms. The summed E-state index contributed by atoms with van der Waals surface area (Å²) in [6.45, 7) is 5.39. The number of carboxylic acid groups (broad SMARTS) is 1. The van der Waals surface area contributed by atoms with E-state index < -0.39 is 12.0 Å². The third kappa shape index (κ3) is 2.90. The number of hydrogen-bond acceptors (Lipinski definition) is 3. The maximum absolute atomic E-state index is 12.5. The van der Waals surface area contributed by atoms with Gasteiger partial charge in [0.1, 0.15) is 6.04 Å². The van der Waals surface area contributed by atoms with Gasteiger partial charge >= 0.3 is 12.0 Å². The summed E-state index contributed by atoms with van der Waals surface area (Å²) < 4.78 is 0. The van der Waals surface area contributed by atoms with Crippen LogP contribution in [0.15, 0.2) is 0 Å². The molecule has 0 aliphatic carbocycles.